The van der Waals surface area contributed by atoms with Crippen molar-refractivity contribution in [3.63, 3.8) is 0 Å². The van der Waals surface area contributed by atoms with E-state index in [0.717, 1.165) is 28.1 Å². The van der Waals surface area contributed by atoms with Gasteiger partial charge in [-0.25, -0.2) is 0 Å². The average Bonchev–Trinajstić information content (AvgIpc) is 2.69. The fraction of sp³-hybridized carbons (Fsp3) is 0.200. The van der Waals surface area contributed by atoms with Crippen LogP contribution in [0.15, 0.2) is 46.9 Å². The van der Waals surface area contributed by atoms with Crippen molar-refractivity contribution < 1.29 is 0 Å². The van der Waals surface area contributed by atoms with E-state index in [1.807, 2.05) is 18.2 Å². The molecule has 0 spiro atoms. The van der Waals surface area contributed by atoms with Crippen molar-refractivity contribution >= 4 is 33.2 Å². The molecule has 0 saturated carbocycles. The monoisotopic (exact) mass is 336 g/mol. The van der Waals surface area contributed by atoms with E-state index in [1.165, 1.54) is 11.3 Å². The number of hydrogen-bond donors (Lipinski definition) is 1. The zero-order chi connectivity index (χ0) is 13.4. The van der Waals surface area contributed by atoms with Crippen LogP contribution in [-0.2, 0) is 6.54 Å². The molecule has 19 heavy (non-hydrogen) atoms. The largest absolute Gasteiger partial charge is 0.365 e. The molecule has 2 nitrogen and oxygen atoms in total. The molecule has 1 aliphatic rings. The molecule has 1 aliphatic heterocycles. The molecule has 2 N–H and O–H groups in total. The number of halogens is 2. The van der Waals surface area contributed by atoms with Crippen molar-refractivity contribution in [3.8, 4) is 0 Å². The summed E-state index contributed by atoms with van der Waals surface area (Å²) in [7, 11) is 0. The molecule has 2 aromatic carbocycles. The second kappa shape index (κ2) is 5.16. The summed E-state index contributed by atoms with van der Waals surface area (Å²) in [6.45, 7) is 1.62. The lowest BCUT2D eigenvalue weighted by Gasteiger charge is -2.20. The summed E-state index contributed by atoms with van der Waals surface area (Å²) in [5, 5.41) is 0.807. The van der Waals surface area contributed by atoms with Gasteiger partial charge in [0.15, 0.2) is 0 Å². The number of benzene rings is 2. The fourth-order valence-electron chi connectivity index (χ4n) is 2.53. The van der Waals surface area contributed by atoms with Crippen LogP contribution in [0.3, 0.4) is 0 Å². The molecule has 4 heteroatoms. The van der Waals surface area contributed by atoms with Crippen molar-refractivity contribution in [3.05, 3.63) is 63.1 Å². The third kappa shape index (κ3) is 2.50. The zero-order valence-electron chi connectivity index (χ0n) is 10.3. The van der Waals surface area contributed by atoms with Gasteiger partial charge in [0.25, 0.3) is 0 Å². The van der Waals surface area contributed by atoms with E-state index in [-0.39, 0.29) is 6.04 Å². The molecule has 1 atom stereocenters. The molecule has 0 aliphatic carbocycles. The number of anilines is 1. The minimum Gasteiger partial charge on any atom is -0.365 e. The van der Waals surface area contributed by atoms with E-state index in [1.54, 1.807) is 0 Å². The van der Waals surface area contributed by atoms with Gasteiger partial charge in [-0.15, -0.1) is 0 Å². The standard InChI is InChI=1S/C15H14BrClN2/c16-11-5-6-15-12(7-11)14(18)9-19(15)8-10-3-1-2-4-13(10)17/h1-7,14H,8-9,18H2/t14-/m1/s1. The highest BCUT2D eigenvalue weighted by atomic mass is 79.9. The number of hydrogen-bond acceptors (Lipinski definition) is 2. The van der Waals surface area contributed by atoms with Crippen LogP contribution in [0, 0.1) is 0 Å². The van der Waals surface area contributed by atoms with Crippen LogP contribution in [-0.4, -0.2) is 6.54 Å². The first kappa shape index (κ1) is 13.0. The summed E-state index contributed by atoms with van der Waals surface area (Å²) >= 11 is 9.72. The van der Waals surface area contributed by atoms with E-state index in [9.17, 15) is 0 Å². The maximum absolute atomic E-state index is 6.23. The second-order valence-electron chi connectivity index (χ2n) is 4.78. The van der Waals surface area contributed by atoms with Gasteiger partial charge in [-0.05, 0) is 35.4 Å². The Hall–Kier alpha value is -1.03. The summed E-state index contributed by atoms with van der Waals surface area (Å²) in [5.74, 6) is 0. The SMILES string of the molecule is N[C@@H]1CN(Cc2ccccc2Cl)c2ccc(Br)cc21. The van der Waals surface area contributed by atoms with Crippen LogP contribution in [0.1, 0.15) is 17.2 Å². The lowest BCUT2D eigenvalue weighted by Crippen LogP contribution is -2.24. The Kier molecular flexibility index (Phi) is 3.52. The van der Waals surface area contributed by atoms with Crippen molar-refractivity contribution in [1.29, 1.82) is 0 Å². The molecule has 3 rings (SSSR count). The van der Waals surface area contributed by atoms with Crippen molar-refractivity contribution in [2.45, 2.75) is 12.6 Å². The molecule has 0 fully saturated rings. The fourth-order valence-corrected chi connectivity index (χ4v) is 3.10. The van der Waals surface area contributed by atoms with Crippen molar-refractivity contribution in [2.75, 3.05) is 11.4 Å². The molecule has 1 heterocycles. The molecule has 98 valence electrons. The minimum absolute atomic E-state index is 0.0648. The van der Waals surface area contributed by atoms with Gasteiger partial charge in [-0.1, -0.05) is 45.7 Å². The van der Waals surface area contributed by atoms with E-state index in [4.69, 9.17) is 17.3 Å². The van der Waals surface area contributed by atoms with Gasteiger partial charge in [0, 0.05) is 34.3 Å². The molecule has 0 saturated heterocycles. The van der Waals surface area contributed by atoms with Gasteiger partial charge in [0.2, 0.25) is 0 Å². The van der Waals surface area contributed by atoms with Crippen LogP contribution in [0.4, 0.5) is 5.69 Å². The van der Waals surface area contributed by atoms with Gasteiger partial charge < -0.3 is 10.6 Å². The van der Waals surface area contributed by atoms with E-state index >= 15 is 0 Å². The predicted molar refractivity (Wildman–Crippen MR) is 83.6 cm³/mol. The highest BCUT2D eigenvalue weighted by molar-refractivity contribution is 9.10. The highest BCUT2D eigenvalue weighted by Gasteiger charge is 2.26. The quantitative estimate of drug-likeness (QED) is 0.893. The predicted octanol–water partition coefficient (Wildman–Crippen LogP) is 4.12. The summed E-state index contributed by atoms with van der Waals surface area (Å²) in [5.41, 5.74) is 9.73. The third-order valence-electron chi connectivity index (χ3n) is 3.47. The van der Waals surface area contributed by atoms with Crippen LogP contribution >= 0.6 is 27.5 Å². The number of nitrogens with zero attached hydrogens (tertiary/aromatic N) is 1. The maximum atomic E-state index is 6.23. The Labute approximate surface area is 126 Å². The Morgan fingerprint density at radius 2 is 2.05 bits per heavy atom. The van der Waals surface area contributed by atoms with Gasteiger partial charge in [0.05, 0.1) is 0 Å². The van der Waals surface area contributed by atoms with Gasteiger partial charge >= 0.3 is 0 Å². The summed E-state index contributed by atoms with van der Waals surface area (Å²) < 4.78 is 1.07. The van der Waals surface area contributed by atoms with Crippen LogP contribution in [0.2, 0.25) is 5.02 Å². The summed E-state index contributed by atoms with van der Waals surface area (Å²) in [6, 6.07) is 14.3. The van der Waals surface area contributed by atoms with Crippen LogP contribution in [0.5, 0.6) is 0 Å². The van der Waals surface area contributed by atoms with Crippen molar-refractivity contribution in [1.82, 2.24) is 0 Å². The Morgan fingerprint density at radius 3 is 2.84 bits per heavy atom. The summed E-state index contributed by atoms with van der Waals surface area (Å²) in [6.07, 6.45) is 0. The first-order valence-corrected chi connectivity index (χ1v) is 7.35. The summed E-state index contributed by atoms with van der Waals surface area (Å²) in [4.78, 5) is 2.29. The third-order valence-corrected chi connectivity index (χ3v) is 4.33. The lowest BCUT2D eigenvalue weighted by molar-refractivity contribution is 0.720. The smallest absolute Gasteiger partial charge is 0.0494 e. The van der Waals surface area contributed by atoms with Gasteiger partial charge in [-0.2, -0.15) is 0 Å². The van der Waals surface area contributed by atoms with Crippen molar-refractivity contribution in [2.24, 2.45) is 5.73 Å². The molecule has 0 radical (unpaired) electrons. The van der Waals surface area contributed by atoms with E-state index in [2.05, 4.69) is 45.1 Å². The van der Waals surface area contributed by atoms with Gasteiger partial charge in [-0.3, -0.25) is 0 Å². The zero-order valence-corrected chi connectivity index (χ0v) is 12.7. The molecule has 0 unspecified atom stereocenters. The molecule has 0 aromatic heterocycles. The molecular formula is C15H14BrClN2. The van der Waals surface area contributed by atoms with E-state index in [0.29, 0.717) is 0 Å². The Morgan fingerprint density at radius 1 is 1.26 bits per heavy atom. The van der Waals surface area contributed by atoms with E-state index < -0.39 is 0 Å². The lowest BCUT2D eigenvalue weighted by atomic mass is 10.1. The minimum atomic E-state index is 0.0648. The number of fused-ring (bicyclic) bond motifs is 1. The Bertz CT molecular complexity index is 615. The van der Waals surface area contributed by atoms with Crippen LogP contribution in [0.25, 0.3) is 0 Å². The first-order chi connectivity index (χ1) is 9.15. The Balaban J connectivity index is 1.91. The molecule has 0 bridgehead atoms. The maximum Gasteiger partial charge on any atom is 0.0494 e. The van der Waals surface area contributed by atoms with Crippen LogP contribution < -0.4 is 10.6 Å². The molecule has 0 amide bonds. The number of rotatable bonds is 2. The first-order valence-electron chi connectivity index (χ1n) is 6.18. The molecular weight excluding hydrogens is 324 g/mol. The topological polar surface area (TPSA) is 29.3 Å². The normalized spacial score (nSPS) is 17.6. The second-order valence-corrected chi connectivity index (χ2v) is 6.10. The average molecular weight is 338 g/mol. The van der Waals surface area contributed by atoms with Gasteiger partial charge in [0.1, 0.15) is 0 Å². The molecule has 2 aromatic rings. The highest BCUT2D eigenvalue weighted by Crippen LogP contribution is 2.36. The number of nitrogens with two attached hydrogens (primary N) is 1.